The number of nitriles is 1. The standard InChI is InChI=1S/C23H31N7O/c1-15(2)20-8-19(9-21(16(3)4)22(20)10-24)30(29-7-5-6-18(25)13-29)28-23(31)17-11-26-14-27-12-17/h8-9,11-12,14-16,18H,5-7,13,25H2,1-4H3,(H,28,31)/t18-/m0/s1. The second-order valence-corrected chi connectivity index (χ2v) is 8.62. The van der Waals surface area contributed by atoms with Crippen LogP contribution in [0.2, 0.25) is 0 Å². The first-order chi connectivity index (χ1) is 14.8. The summed E-state index contributed by atoms with van der Waals surface area (Å²) in [7, 11) is 0. The van der Waals surface area contributed by atoms with Crippen LogP contribution >= 0.6 is 0 Å². The molecule has 8 nitrogen and oxygen atoms in total. The summed E-state index contributed by atoms with van der Waals surface area (Å²) < 4.78 is 0. The number of carbonyl (C=O) groups excluding carboxylic acids is 1. The maximum atomic E-state index is 13.0. The Morgan fingerprint density at radius 1 is 1.23 bits per heavy atom. The summed E-state index contributed by atoms with van der Waals surface area (Å²) in [6.07, 6.45) is 6.25. The van der Waals surface area contributed by atoms with Gasteiger partial charge in [0, 0.05) is 31.5 Å². The van der Waals surface area contributed by atoms with Gasteiger partial charge in [-0.25, -0.2) is 25.5 Å². The number of hydrazine groups is 2. The third kappa shape index (κ3) is 5.19. The third-order valence-electron chi connectivity index (χ3n) is 5.53. The average Bonchev–Trinajstić information content (AvgIpc) is 2.76. The van der Waals surface area contributed by atoms with Gasteiger partial charge in [-0.3, -0.25) is 4.79 Å². The number of anilines is 1. The van der Waals surface area contributed by atoms with E-state index in [1.54, 1.807) is 5.12 Å². The summed E-state index contributed by atoms with van der Waals surface area (Å²) in [5.74, 6) is 0.0212. The number of carbonyl (C=O) groups is 1. The van der Waals surface area contributed by atoms with Crippen LogP contribution < -0.4 is 16.3 Å². The van der Waals surface area contributed by atoms with Crippen LogP contribution in [-0.2, 0) is 0 Å². The van der Waals surface area contributed by atoms with Gasteiger partial charge in [-0.2, -0.15) is 5.26 Å². The van der Waals surface area contributed by atoms with E-state index in [1.807, 2.05) is 12.1 Å². The Kier molecular flexibility index (Phi) is 7.21. The minimum atomic E-state index is -0.304. The van der Waals surface area contributed by atoms with Crippen molar-refractivity contribution >= 4 is 11.6 Å². The predicted molar refractivity (Wildman–Crippen MR) is 120 cm³/mol. The van der Waals surface area contributed by atoms with Crippen LogP contribution in [0.25, 0.3) is 0 Å². The molecule has 3 rings (SSSR count). The molecule has 1 aromatic carbocycles. The van der Waals surface area contributed by atoms with Gasteiger partial charge in [0.1, 0.15) is 6.33 Å². The van der Waals surface area contributed by atoms with Gasteiger partial charge in [0.05, 0.1) is 22.9 Å². The number of hydrogen-bond donors (Lipinski definition) is 2. The molecule has 3 N–H and O–H groups in total. The van der Waals surface area contributed by atoms with E-state index >= 15 is 0 Å². The Morgan fingerprint density at radius 3 is 2.35 bits per heavy atom. The fraction of sp³-hybridized carbons (Fsp3) is 0.478. The summed E-state index contributed by atoms with van der Waals surface area (Å²) in [5.41, 5.74) is 13.1. The molecule has 2 heterocycles. The van der Waals surface area contributed by atoms with Crippen LogP contribution in [0.1, 0.15) is 79.4 Å². The normalized spacial score (nSPS) is 16.9. The number of aromatic nitrogens is 2. The number of nitrogens with two attached hydrogens (primary N) is 1. The molecule has 31 heavy (non-hydrogen) atoms. The van der Waals surface area contributed by atoms with Crippen LogP contribution in [0.3, 0.4) is 0 Å². The van der Waals surface area contributed by atoms with Crippen molar-refractivity contribution in [3.8, 4) is 6.07 Å². The van der Waals surface area contributed by atoms with Crippen LogP contribution in [0, 0.1) is 11.3 Å². The number of rotatable bonds is 6. The van der Waals surface area contributed by atoms with E-state index in [0.29, 0.717) is 17.7 Å². The minimum Gasteiger partial charge on any atom is -0.326 e. The molecule has 1 atom stereocenters. The molecular weight excluding hydrogens is 390 g/mol. The zero-order valence-corrected chi connectivity index (χ0v) is 18.7. The molecule has 1 aliphatic heterocycles. The first-order valence-electron chi connectivity index (χ1n) is 10.8. The highest BCUT2D eigenvalue weighted by molar-refractivity contribution is 5.94. The third-order valence-corrected chi connectivity index (χ3v) is 5.53. The van der Waals surface area contributed by atoms with Crippen molar-refractivity contribution in [2.24, 2.45) is 5.73 Å². The van der Waals surface area contributed by atoms with Crippen molar-refractivity contribution in [1.82, 2.24) is 20.4 Å². The van der Waals surface area contributed by atoms with E-state index in [1.165, 1.54) is 18.7 Å². The van der Waals surface area contributed by atoms with Gasteiger partial charge in [0.15, 0.2) is 0 Å². The van der Waals surface area contributed by atoms with E-state index in [0.717, 1.165) is 36.2 Å². The van der Waals surface area contributed by atoms with Gasteiger partial charge in [-0.15, -0.1) is 0 Å². The Hall–Kier alpha value is -3.02. The monoisotopic (exact) mass is 421 g/mol. The van der Waals surface area contributed by atoms with Crippen LogP contribution in [0.5, 0.6) is 0 Å². The molecule has 0 unspecified atom stereocenters. The van der Waals surface area contributed by atoms with Crippen LogP contribution in [-0.4, -0.2) is 40.0 Å². The van der Waals surface area contributed by atoms with Gasteiger partial charge < -0.3 is 5.73 Å². The Morgan fingerprint density at radius 2 is 1.84 bits per heavy atom. The fourth-order valence-corrected chi connectivity index (χ4v) is 3.88. The lowest BCUT2D eigenvalue weighted by atomic mass is 9.88. The summed E-state index contributed by atoms with van der Waals surface area (Å²) in [6, 6.07) is 6.41. The molecule has 1 saturated heterocycles. The zero-order valence-electron chi connectivity index (χ0n) is 18.7. The highest BCUT2D eigenvalue weighted by Gasteiger charge is 2.27. The number of benzene rings is 1. The molecular formula is C23H31N7O. The topological polar surface area (TPSA) is 111 Å². The molecule has 8 heteroatoms. The van der Waals surface area contributed by atoms with Crippen molar-refractivity contribution < 1.29 is 4.79 Å². The molecule has 0 aliphatic carbocycles. The quantitative estimate of drug-likeness (QED) is 0.690. The average molecular weight is 422 g/mol. The fourth-order valence-electron chi connectivity index (χ4n) is 3.88. The van der Waals surface area contributed by atoms with E-state index in [4.69, 9.17) is 5.73 Å². The lowest BCUT2D eigenvalue weighted by molar-refractivity contribution is 0.0879. The van der Waals surface area contributed by atoms with Gasteiger partial charge in [-0.05, 0) is 47.9 Å². The summed E-state index contributed by atoms with van der Waals surface area (Å²) in [6.45, 7) is 9.69. The summed E-state index contributed by atoms with van der Waals surface area (Å²) in [4.78, 5) is 20.9. The first-order valence-corrected chi connectivity index (χ1v) is 10.8. The molecule has 0 radical (unpaired) electrons. The SMILES string of the molecule is CC(C)c1cc(N(NC(=O)c2cncnc2)N2CCC[C@H](N)C2)cc(C(C)C)c1C#N. The minimum absolute atomic E-state index is 0.0285. The smallest absolute Gasteiger partial charge is 0.274 e. The zero-order chi connectivity index (χ0) is 22.5. The summed E-state index contributed by atoms with van der Waals surface area (Å²) in [5, 5.41) is 13.7. The van der Waals surface area contributed by atoms with Gasteiger partial charge in [0.25, 0.3) is 5.91 Å². The molecule has 1 aliphatic rings. The Bertz CT molecular complexity index is 923. The maximum absolute atomic E-state index is 13.0. The second-order valence-electron chi connectivity index (χ2n) is 8.62. The molecule has 0 saturated carbocycles. The largest absolute Gasteiger partial charge is 0.326 e. The molecule has 1 amide bonds. The van der Waals surface area contributed by atoms with Crippen LogP contribution in [0.4, 0.5) is 5.69 Å². The summed E-state index contributed by atoms with van der Waals surface area (Å²) >= 11 is 0. The molecule has 2 aromatic rings. The first kappa shape index (κ1) is 22.7. The van der Waals surface area contributed by atoms with Crippen LogP contribution in [0.15, 0.2) is 30.9 Å². The molecule has 0 spiro atoms. The second kappa shape index (κ2) is 9.86. The lowest BCUT2D eigenvalue weighted by Gasteiger charge is -2.41. The lowest BCUT2D eigenvalue weighted by Crippen LogP contribution is -2.58. The number of piperidine rings is 1. The predicted octanol–water partition coefficient (Wildman–Crippen LogP) is 3.08. The van der Waals surface area contributed by atoms with Gasteiger partial charge in [-0.1, -0.05) is 27.7 Å². The van der Waals surface area contributed by atoms with Crippen molar-refractivity contribution in [2.45, 2.75) is 58.4 Å². The molecule has 164 valence electrons. The van der Waals surface area contributed by atoms with Crippen molar-refractivity contribution in [3.63, 3.8) is 0 Å². The van der Waals surface area contributed by atoms with E-state index in [-0.39, 0.29) is 23.8 Å². The highest BCUT2D eigenvalue weighted by atomic mass is 16.2. The Labute approximate surface area is 184 Å². The molecule has 1 aromatic heterocycles. The number of nitrogens with one attached hydrogen (secondary N) is 1. The van der Waals surface area contributed by atoms with Crippen molar-refractivity contribution in [2.75, 3.05) is 18.2 Å². The van der Waals surface area contributed by atoms with E-state index < -0.39 is 0 Å². The van der Waals surface area contributed by atoms with Crippen molar-refractivity contribution in [1.29, 1.82) is 5.26 Å². The number of hydrogen-bond acceptors (Lipinski definition) is 7. The highest BCUT2D eigenvalue weighted by Crippen LogP contribution is 2.33. The maximum Gasteiger partial charge on any atom is 0.274 e. The molecule has 0 bridgehead atoms. The van der Waals surface area contributed by atoms with Gasteiger partial charge >= 0.3 is 0 Å². The number of nitrogens with zero attached hydrogens (tertiary/aromatic N) is 5. The Balaban J connectivity index is 2.08. The van der Waals surface area contributed by atoms with E-state index in [2.05, 4.69) is 54.2 Å². The molecule has 1 fully saturated rings. The van der Waals surface area contributed by atoms with E-state index in [9.17, 15) is 10.1 Å². The number of amides is 1. The van der Waals surface area contributed by atoms with Gasteiger partial charge in [0.2, 0.25) is 0 Å². The van der Waals surface area contributed by atoms with Crippen molar-refractivity contribution in [3.05, 3.63) is 53.1 Å².